The standard InChI is InChI=1S/C26H31FN4OS/c1-19(2)17-28-25(32)11-6-4-5-10-24-29-30-26(31(24)23-9-7-8-20(3)16-23)33-18-21-12-14-22(27)15-13-21/h7-9,12-16H,1,4-6,10-11,17-18H2,2-3H3,(H,28,32). The molecule has 0 atom stereocenters. The summed E-state index contributed by atoms with van der Waals surface area (Å²) in [5.74, 6) is 1.43. The quantitative estimate of drug-likeness (QED) is 0.208. The number of nitrogens with zero attached hydrogens (tertiary/aromatic N) is 3. The number of unbranched alkanes of at least 4 members (excludes halogenated alkanes) is 2. The monoisotopic (exact) mass is 466 g/mol. The van der Waals surface area contributed by atoms with Crippen molar-refractivity contribution < 1.29 is 9.18 Å². The van der Waals surface area contributed by atoms with Crippen LogP contribution in [0.25, 0.3) is 5.69 Å². The van der Waals surface area contributed by atoms with Crippen molar-refractivity contribution in [3.8, 4) is 5.69 Å². The van der Waals surface area contributed by atoms with Gasteiger partial charge in [0.1, 0.15) is 11.6 Å². The molecule has 3 rings (SSSR count). The minimum Gasteiger partial charge on any atom is -0.352 e. The number of hydrogen-bond donors (Lipinski definition) is 1. The molecule has 0 radical (unpaired) electrons. The number of halogens is 1. The zero-order chi connectivity index (χ0) is 23.6. The first-order valence-corrected chi connectivity index (χ1v) is 12.2. The van der Waals surface area contributed by atoms with Crippen LogP contribution >= 0.6 is 11.8 Å². The maximum Gasteiger partial charge on any atom is 0.220 e. The second kappa shape index (κ2) is 12.3. The molecule has 2 aromatic carbocycles. The van der Waals surface area contributed by atoms with Crippen molar-refractivity contribution in [3.05, 3.63) is 83.5 Å². The molecule has 0 aliphatic heterocycles. The molecule has 5 nitrogen and oxygen atoms in total. The van der Waals surface area contributed by atoms with Gasteiger partial charge in [0.05, 0.1) is 0 Å². The highest BCUT2D eigenvalue weighted by atomic mass is 32.2. The first kappa shape index (κ1) is 24.7. The van der Waals surface area contributed by atoms with Crippen LogP contribution in [0.4, 0.5) is 4.39 Å². The average molecular weight is 467 g/mol. The summed E-state index contributed by atoms with van der Waals surface area (Å²) in [5, 5.41) is 12.6. The third-order valence-corrected chi connectivity index (χ3v) is 6.13. The summed E-state index contributed by atoms with van der Waals surface area (Å²) in [5.41, 5.74) is 4.19. The summed E-state index contributed by atoms with van der Waals surface area (Å²) in [4.78, 5) is 11.9. The van der Waals surface area contributed by atoms with Crippen LogP contribution in [0, 0.1) is 12.7 Å². The van der Waals surface area contributed by atoms with E-state index < -0.39 is 0 Å². The Morgan fingerprint density at radius 1 is 1.12 bits per heavy atom. The molecule has 3 aromatic rings. The predicted molar refractivity (Wildman–Crippen MR) is 132 cm³/mol. The molecule has 0 aliphatic rings. The van der Waals surface area contributed by atoms with Gasteiger partial charge in [-0.25, -0.2) is 4.39 Å². The Bertz CT molecular complexity index is 1080. The minimum absolute atomic E-state index is 0.0698. The van der Waals surface area contributed by atoms with Gasteiger partial charge < -0.3 is 5.32 Å². The maximum atomic E-state index is 13.2. The van der Waals surface area contributed by atoms with E-state index in [-0.39, 0.29) is 11.7 Å². The van der Waals surface area contributed by atoms with Gasteiger partial charge in [-0.2, -0.15) is 0 Å². The molecule has 0 bridgehead atoms. The van der Waals surface area contributed by atoms with E-state index >= 15 is 0 Å². The van der Waals surface area contributed by atoms with Crippen LogP contribution in [-0.4, -0.2) is 27.2 Å². The molecule has 1 heterocycles. The Labute approximate surface area is 199 Å². The molecule has 1 aromatic heterocycles. The highest BCUT2D eigenvalue weighted by Crippen LogP contribution is 2.26. The molecule has 33 heavy (non-hydrogen) atoms. The van der Waals surface area contributed by atoms with E-state index in [1.54, 1.807) is 23.9 Å². The van der Waals surface area contributed by atoms with Crippen LogP contribution in [0.3, 0.4) is 0 Å². The number of nitrogens with one attached hydrogen (secondary N) is 1. The summed E-state index contributed by atoms with van der Waals surface area (Å²) in [7, 11) is 0. The van der Waals surface area contributed by atoms with Gasteiger partial charge in [0, 0.05) is 30.8 Å². The fourth-order valence-electron chi connectivity index (χ4n) is 3.39. The molecule has 0 saturated heterocycles. The Hall–Kier alpha value is -2.93. The van der Waals surface area contributed by atoms with Gasteiger partial charge in [0.25, 0.3) is 0 Å². The first-order chi connectivity index (χ1) is 15.9. The Morgan fingerprint density at radius 2 is 1.91 bits per heavy atom. The fraction of sp³-hybridized carbons (Fsp3) is 0.346. The molecular weight excluding hydrogens is 435 g/mol. The molecular formula is C26H31FN4OS. The van der Waals surface area contributed by atoms with Gasteiger partial charge in [-0.1, -0.05) is 54.6 Å². The van der Waals surface area contributed by atoms with Crippen LogP contribution in [0.2, 0.25) is 0 Å². The highest BCUT2D eigenvalue weighted by Gasteiger charge is 2.15. The Kier molecular flexibility index (Phi) is 9.24. The first-order valence-electron chi connectivity index (χ1n) is 11.2. The number of aryl methyl sites for hydroxylation is 2. The molecule has 1 N–H and O–H groups in total. The predicted octanol–water partition coefficient (Wildman–Crippen LogP) is 5.80. The Balaban J connectivity index is 1.62. The largest absolute Gasteiger partial charge is 0.352 e. The van der Waals surface area contributed by atoms with E-state index in [1.807, 2.05) is 13.0 Å². The van der Waals surface area contributed by atoms with Gasteiger partial charge in [-0.05, 0) is 62.1 Å². The zero-order valence-corrected chi connectivity index (χ0v) is 20.1. The zero-order valence-electron chi connectivity index (χ0n) is 19.3. The number of rotatable bonds is 12. The van der Waals surface area contributed by atoms with Crippen molar-refractivity contribution in [2.75, 3.05) is 6.54 Å². The topological polar surface area (TPSA) is 59.8 Å². The molecule has 0 fully saturated rings. The molecule has 174 valence electrons. The van der Waals surface area contributed by atoms with Crippen molar-refractivity contribution in [2.45, 2.75) is 56.9 Å². The molecule has 0 saturated carbocycles. The molecule has 7 heteroatoms. The van der Waals surface area contributed by atoms with Crippen molar-refractivity contribution >= 4 is 17.7 Å². The summed E-state index contributed by atoms with van der Waals surface area (Å²) in [6.07, 6.45) is 4.02. The number of aromatic nitrogens is 3. The summed E-state index contributed by atoms with van der Waals surface area (Å²) in [6.45, 7) is 8.30. The van der Waals surface area contributed by atoms with Crippen LogP contribution in [0.1, 0.15) is 49.6 Å². The lowest BCUT2D eigenvalue weighted by Crippen LogP contribution is -2.24. The average Bonchev–Trinajstić information content (AvgIpc) is 3.20. The SMILES string of the molecule is C=C(C)CNC(=O)CCCCCc1nnc(SCc2ccc(F)cc2)n1-c1cccc(C)c1. The second-order valence-electron chi connectivity index (χ2n) is 8.28. The second-order valence-corrected chi connectivity index (χ2v) is 9.23. The van der Waals surface area contributed by atoms with Gasteiger partial charge in [-0.15, -0.1) is 10.2 Å². The summed E-state index contributed by atoms with van der Waals surface area (Å²) < 4.78 is 15.3. The third kappa shape index (κ3) is 7.86. The lowest BCUT2D eigenvalue weighted by atomic mass is 10.1. The van der Waals surface area contributed by atoms with Crippen molar-refractivity contribution in [2.24, 2.45) is 0 Å². The van der Waals surface area contributed by atoms with E-state index in [0.29, 0.717) is 18.7 Å². The van der Waals surface area contributed by atoms with Crippen molar-refractivity contribution in [1.29, 1.82) is 0 Å². The number of carbonyl (C=O) groups excluding carboxylic acids is 1. The number of benzene rings is 2. The lowest BCUT2D eigenvalue weighted by molar-refractivity contribution is -0.121. The molecule has 0 unspecified atom stereocenters. The lowest BCUT2D eigenvalue weighted by Gasteiger charge is -2.11. The van der Waals surface area contributed by atoms with Crippen molar-refractivity contribution in [3.63, 3.8) is 0 Å². The minimum atomic E-state index is -0.234. The van der Waals surface area contributed by atoms with Gasteiger partial charge in [-0.3, -0.25) is 9.36 Å². The van der Waals surface area contributed by atoms with E-state index in [1.165, 1.54) is 17.7 Å². The Morgan fingerprint density at radius 3 is 2.64 bits per heavy atom. The van der Waals surface area contributed by atoms with Crippen molar-refractivity contribution in [1.82, 2.24) is 20.1 Å². The van der Waals surface area contributed by atoms with Gasteiger partial charge in [0.2, 0.25) is 5.91 Å². The van der Waals surface area contributed by atoms with E-state index in [0.717, 1.165) is 53.5 Å². The molecule has 0 spiro atoms. The smallest absolute Gasteiger partial charge is 0.220 e. The third-order valence-electron chi connectivity index (χ3n) is 5.13. The number of hydrogen-bond acceptors (Lipinski definition) is 4. The fourth-order valence-corrected chi connectivity index (χ4v) is 4.32. The summed E-state index contributed by atoms with van der Waals surface area (Å²) >= 11 is 1.59. The van der Waals surface area contributed by atoms with E-state index in [9.17, 15) is 9.18 Å². The van der Waals surface area contributed by atoms with E-state index in [2.05, 4.69) is 51.8 Å². The van der Waals surface area contributed by atoms with Crippen LogP contribution in [-0.2, 0) is 17.0 Å². The number of amides is 1. The molecule has 0 aliphatic carbocycles. The van der Waals surface area contributed by atoms with Crippen LogP contribution in [0.5, 0.6) is 0 Å². The van der Waals surface area contributed by atoms with Crippen LogP contribution in [0.15, 0.2) is 65.8 Å². The number of carbonyl (C=O) groups is 1. The highest BCUT2D eigenvalue weighted by molar-refractivity contribution is 7.98. The van der Waals surface area contributed by atoms with Gasteiger partial charge >= 0.3 is 0 Å². The summed E-state index contributed by atoms with van der Waals surface area (Å²) in [6, 6.07) is 14.8. The maximum absolute atomic E-state index is 13.2. The van der Waals surface area contributed by atoms with Crippen LogP contribution < -0.4 is 5.32 Å². The normalized spacial score (nSPS) is 10.9. The number of thioether (sulfide) groups is 1. The molecule has 1 amide bonds. The van der Waals surface area contributed by atoms with Gasteiger partial charge in [0.15, 0.2) is 5.16 Å². The van der Waals surface area contributed by atoms with E-state index in [4.69, 9.17) is 0 Å².